The molecule has 6 nitrogen and oxygen atoms in total. The Morgan fingerprint density at radius 3 is 2.83 bits per heavy atom. The van der Waals surface area contributed by atoms with Crippen molar-refractivity contribution in [2.75, 3.05) is 40.6 Å². The highest BCUT2D eigenvalue weighted by atomic mass is 35.5. The molecule has 1 aromatic carbocycles. The average molecular weight is 341 g/mol. The van der Waals surface area contributed by atoms with Crippen molar-refractivity contribution in [1.29, 1.82) is 0 Å². The molecule has 0 spiro atoms. The molecule has 0 amide bonds. The molecule has 1 fully saturated rings. The molecule has 0 N–H and O–H groups in total. The first-order valence-corrected chi connectivity index (χ1v) is 7.77. The van der Waals surface area contributed by atoms with Gasteiger partial charge in [-0.2, -0.15) is 0 Å². The smallest absolute Gasteiger partial charge is 0.161 e. The summed E-state index contributed by atoms with van der Waals surface area (Å²) in [6.07, 6.45) is 2.44. The number of methoxy groups -OCH3 is 1. The molecule has 126 valence electrons. The fraction of sp³-hybridized carbons (Fsp3) is 0.500. The molecule has 1 heterocycles. The molecule has 2 rings (SSSR count). The molecule has 1 aliphatic heterocycles. The zero-order chi connectivity index (χ0) is 16.5. The van der Waals surface area contributed by atoms with Crippen molar-refractivity contribution in [3.8, 4) is 11.5 Å². The molecule has 0 aliphatic carbocycles. The Labute approximate surface area is 141 Å². The SMILES string of the molecule is CN=CN=C(Cl)c1ccc(OCCCOC2COC2)c(OC)c1. The van der Waals surface area contributed by atoms with Crippen LogP contribution in [0.2, 0.25) is 0 Å². The van der Waals surface area contributed by atoms with Crippen LogP contribution in [-0.4, -0.2) is 58.2 Å². The van der Waals surface area contributed by atoms with Gasteiger partial charge in [0, 0.05) is 19.0 Å². The fourth-order valence-electron chi connectivity index (χ4n) is 1.90. The average Bonchev–Trinajstić information content (AvgIpc) is 2.54. The second-order valence-corrected chi connectivity index (χ2v) is 5.25. The van der Waals surface area contributed by atoms with Crippen LogP contribution < -0.4 is 9.47 Å². The van der Waals surface area contributed by atoms with Crippen molar-refractivity contribution in [3.63, 3.8) is 0 Å². The molecule has 1 saturated heterocycles. The van der Waals surface area contributed by atoms with Crippen LogP contribution in [-0.2, 0) is 9.47 Å². The largest absolute Gasteiger partial charge is 0.493 e. The Morgan fingerprint density at radius 2 is 2.17 bits per heavy atom. The lowest BCUT2D eigenvalue weighted by atomic mass is 10.2. The number of ether oxygens (including phenoxy) is 4. The monoisotopic (exact) mass is 340 g/mol. The number of hydrogen-bond acceptors (Lipinski definition) is 5. The summed E-state index contributed by atoms with van der Waals surface area (Å²) in [4.78, 5) is 7.77. The third-order valence-corrected chi connectivity index (χ3v) is 3.51. The van der Waals surface area contributed by atoms with E-state index in [0.29, 0.717) is 43.1 Å². The van der Waals surface area contributed by atoms with Crippen LogP contribution in [0.4, 0.5) is 0 Å². The van der Waals surface area contributed by atoms with Crippen molar-refractivity contribution in [1.82, 2.24) is 0 Å². The normalized spacial score (nSPS) is 15.7. The van der Waals surface area contributed by atoms with E-state index >= 15 is 0 Å². The number of halogens is 1. The van der Waals surface area contributed by atoms with Gasteiger partial charge in [0.05, 0.1) is 33.5 Å². The highest BCUT2D eigenvalue weighted by Crippen LogP contribution is 2.29. The van der Waals surface area contributed by atoms with Gasteiger partial charge < -0.3 is 18.9 Å². The lowest BCUT2D eigenvalue weighted by Gasteiger charge is -2.25. The van der Waals surface area contributed by atoms with Crippen molar-refractivity contribution < 1.29 is 18.9 Å². The predicted octanol–water partition coefficient (Wildman–Crippen LogP) is 2.52. The predicted molar refractivity (Wildman–Crippen MR) is 90.5 cm³/mol. The zero-order valence-electron chi connectivity index (χ0n) is 13.3. The highest BCUT2D eigenvalue weighted by molar-refractivity contribution is 6.70. The number of benzene rings is 1. The van der Waals surface area contributed by atoms with Crippen LogP contribution in [0, 0.1) is 0 Å². The second kappa shape index (κ2) is 9.50. The summed E-state index contributed by atoms with van der Waals surface area (Å²) >= 11 is 6.10. The molecular formula is C16H21ClN2O4. The summed E-state index contributed by atoms with van der Waals surface area (Å²) in [5.74, 6) is 1.27. The van der Waals surface area contributed by atoms with E-state index in [2.05, 4.69) is 9.98 Å². The Morgan fingerprint density at radius 1 is 1.35 bits per heavy atom. The molecule has 0 atom stereocenters. The van der Waals surface area contributed by atoms with Gasteiger partial charge in [0.2, 0.25) is 0 Å². The lowest BCUT2D eigenvalue weighted by Crippen LogP contribution is -2.36. The second-order valence-electron chi connectivity index (χ2n) is 4.89. The maximum atomic E-state index is 6.10. The number of nitrogens with zero attached hydrogens (tertiary/aromatic N) is 2. The first-order chi connectivity index (χ1) is 11.2. The van der Waals surface area contributed by atoms with E-state index in [1.165, 1.54) is 6.34 Å². The summed E-state index contributed by atoms with van der Waals surface area (Å²) in [5, 5.41) is 0.344. The molecule has 0 aromatic heterocycles. The minimum atomic E-state index is 0.247. The molecule has 0 saturated carbocycles. The van der Waals surface area contributed by atoms with E-state index in [4.69, 9.17) is 30.5 Å². The van der Waals surface area contributed by atoms with Crippen LogP contribution in [0.1, 0.15) is 12.0 Å². The molecular weight excluding hydrogens is 320 g/mol. The van der Waals surface area contributed by atoms with Gasteiger partial charge in [-0.05, 0) is 18.2 Å². The van der Waals surface area contributed by atoms with E-state index in [9.17, 15) is 0 Å². The summed E-state index contributed by atoms with van der Waals surface area (Å²) in [6.45, 7) is 2.60. The van der Waals surface area contributed by atoms with E-state index in [1.807, 2.05) is 12.1 Å². The quantitative estimate of drug-likeness (QED) is 0.394. The molecule has 0 bridgehead atoms. The van der Waals surface area contributed by atoms with E-state index in [-0.39, 0.29) is 6.10 Å². The Hall–Kier alpha value is -1.63. The van der Waals surface area contributed by atoms with E-state index < -0.39 is 0 Å². The van der Waals surface area contributed by atoms with Gasteiger partial charge in [-0.3, -0.25) is 4.99 Å². The molecule has 0 radical (unpaired) electrons. The van der Waals surface area contributed by atoms with Crippen LogP contribution >= 0.6 is 11.6 Å². The van der Waals surface area contributed by atoms with Gasteiger partial charge in [-0.1, -0.05) is 11.6 Å². The van der Waals surface area contributed by atoms with Gasteiger partial charge in [0.1, 0.15) is 17.6 Å². The molecule has 1 aliphatic rings. The van der Waals surface area contributed by atoms with Crippen molar-refractivity contribution in [2.24, 2.45) is 9.98 Å². The van der Waals surface area contributed by atoms with Gasteiger partial charge in [-0.25, -0.2) is 4.99 Å². The molecule has 7 heteroatoms. The van der Waals surface area contributed by atoms with Crippen molar-refractivity contribution in [2.45, 2.75) is 12.5 Å². The summed E-state index contributed by atoms with van der Waals surface area (Å²) in [6, 6.07) is 5.43. The zero-order valence-corrected chi connectivity index (χ0v) is 14.1. The van der Waals surface area contributed by atoms with Crippen LogP contribution in [0.25, 0.3) is 0 Å². The first-order valence-electron chi connectivity index (χ1n) is 7.39. The highest BCUT2D eigenvalue weighted by Gasteiger charge is 2.18. The Balaban J connectivity index is 1.85. The molecule has 23 heavy (non-hydrogen) atoms. The standard InChI is InChI=1S/C16H21ClN2O4/c1-18-11-19-16(17)12-4-5-14(15(8-12)20-2)23-7-3-6-22-13-9-21-10-13/h4-5,8,11,13H,3,6-7,9-10H2,1-2H3. The first kappa shape index (κ1) is 17.7. The van der Waals surface area contributed by atoms with Crippen LogP contribution in [0.5, 0.6) is 11.5 Å². The topological polar surface area (TPSA) is 61.6 Å². The molecule has 1 aromatic rings. The third-order valence-electron chi connectivity index (χ3n) is 3.20. The summed E-state index contributed by atoms with van der Waals surface area (Å²) in [7, 11) is 3.22. The van der Waals surface area contributed by atoms with Crippen LogP contribution in [0.3, 0.4) is 0 Å². The Kier molecular flexibility index (Phi) is 7.32. The fourth-order valence-corrected chi connectivity index (χ4v) is 2.06. The lowest BCUT2D eigenvalue weighted by molar-refractivity contribution is -0.130. The number of aliphatic imine (C=N–C) groups is 2. The van der Waals surface area contributed by atoms with Crippen molar-refractivity contribution >= 4 is 23.1 Å². The maximum Gasteiger partial charge on any atom is 0.161 e. The number of hydrogen-bond donors (Lipinski definition) is 0. The minimum absolute atomic E-state index is 0.247. The summed E-state index contributed by atoms with van der Waals surface area (Å²) < 4.78 is 21.7. The van der Waals surface area contributed by atoms with Crippen molar-refractivity contribution in [3.05, 3.63) is 23.8 Å². The third kappa shape index (κ3) is 5.49. The number of rotatable bonds is 9. The molecule has 0 unspecified atom stereocenters. The van der Waals surface area contributed by atoms with Gasteiger partial charge in [0.25, 0.3) is 0 Å². The van der Waals surface area contributed by atoms with Gasteiger partial charge in [-0.15, -0.1) is 0 Å². The van der Waals surface area contributed by atoms with E-state index in [0.717, 1.165) is 12.0 Å². The van der Waals surface area contributed by atoms with E-state index in [1.54, 1.807) is 20.2 Å². The minimum Gasteiger partial charge on any atom is -0.493 e. The summed E-state index contributed by atoms with van der Waals surface area (Å²) in [5.41, 5.74) is 0.740. The van der Waals surface area contributed by atoms with Gasteiger partial charge in [0.15, 0.2) is 11.5 Å². The maximum absolute atomic E-state index is 6.10. The van der Waals surface area contributed by atoms with Crippen LogP contribution in [0.15, 0.2) is 28.2 Å². The van der Waals surface area contributed by atoms with Gasteiger partial charge >= 0.3 is 0 Å². The Bertz CT molecular complexity index is 559.